The van der Waals surface area contributed by atoms with Gasteiger partial charge in [0.2, 0.25) is 0 Å². The van der Waals surface area contributed by atoms with Gasteiger partial charge in [0.25, 0.3) is 5.91 Å². The van der Waals surface area contributed by atoms with Gasteiger partial charge in [-0.2, -0.15) is 0 Å². The number of halogens is 1. The van der Waals surface area contributed by atoms with Crippen LogP contribution in [0.25, 0.3) is 0 Å². The van der Waals surface area contributed by atoms with Gasteiger partial charge in [-0.05, 0) is 62.7 Å². The van der Waals surface area contributed by atoms with E-state index in [9.17, 15) is 9.59 Å². The number of nitrogens with one attached hydrogen (secondary N) is 2. The summed E-state index contributed by atoms with van der Waals surface area (Å²) in [6.07, 6.45) is 4.84. The number of amides is 3. The van der Waals surface area contributed by atoms with Gasteiger partial charge in [-0.1, -0.05) is 24.6 Å². The smallest absolute Gasteiger partial charge is 0.321 e. The molecule has 160 valence electrons. The lowest BCUT2D eigenvalue weighted by Gasteiger charge is -2.25. The number of carbonyl (C=O) groups excluding carboxylic acids is 2. The van der Waals surface area contributed by atoms with E-state index in [0.717, 1.165) is 26.1 Å². The molecule has 2 N–H and O–H groups in total. The van der Waals surface area contributed by atoms with Gasteiger partial charge in [0.05, 0.1) is 5.02 Å². The second-order valence-corrected chi connectivity index (χ2v) is 7.80. The summed E-state index contributed by atoms with van der Waals surface area (Å²) in [6.45, 7) is 6.57. The van der Waals surface area contributed by atoms with Crippen molar-refractivity contribution >= 4 is 35.0 Å². The number of anilines is 2. The number of aromatic nitrogens is 1. The van der Waals surface area contributed by atoms with Gasteiger partial charge in [0, 0.05) is 37.1 Å². The molecular formula is C22H28ClN5O2. The first kappa shape index (κ1) is 22.1. The molecule has 1 aliphatic heterocycles. The summed E-state index contributed by atoms with van der Waals surface area (Å²) >= 11 is 5.82. The first-order valence-electron chi connectivity index (χ1n) is 10.4. The fourth-order valence-corrected chi connectivity index (χ4v) is 3.54. The molecule has 0 unspecified atom stereocenters. The Morgan fingerprint density at radius 2 is 1.93 bits per heavy atom. The van der Waals surface area contributed by atoms with Crippen molar-refractivity contribution in [1.82, 2.24) is 14.8 Å². The standard InChI is InChI=1S/C22H28ClN5O2/c1-2-10-28(14-13-27-11-3-4-12-27)22(30)25-19-7-5-6-17(15-19)21(29)26-20-9-8-18(23)16-24-20/h5-9,15-16H,2-4,10-14H2,1H3,(H,25,30)(H,24,26,29). The van der Waals surface area contributed by atoms with Crippen molar-refractivity contribution in [2.45, 2.75) is 26.2 Å². The minimum atomic E-state index is -0.305. The zero-order valence-electron chi connectivity index (χ0n) is 17.2. The van der Waals surface area contributed by atoms with Gasteiger partial charge < -0.3 is 20.4 Å². The number of nitrogens with zero attached hydrogens (tertiary/aromatic N) is 3. The number of urea groups is 1. The summed E-state index contributed by atoms with van der Waals surface area (Å²) in [5.74, 6) is 0.107. The van der Waals surface area contributed by atoms with Crippen molar-refractivity contribution in [2.24, 2.45) is 0 Å². The van der Waals surface area contributed by atoms with Gasteiger partial charge in [-0.25, -0.2) is 9.78 Å². The third-order valence-electron chi connectivity index (χ3n) is 5.01. The summed E-state index contributed by atoms with van der Waals surface area (Å²) < 4.78 is 0. The Bertz CT molecular complexity index is 853. The van der Waals surface area contributed by atoms with Gasteiger partial charge >= 0.3 is 6.03 Å². The van der Waals surface area contributed by atoms with Crippen LogP contribution in [-0.2, 0) is 0 Å². The third-order valence-corrected chi connectivity index (χ3v) is 5.23. The summed E-state index contributed by atoms with van der Waals surface area (Å²) in [6, 6.07) is 10.0. The Kier molecular flexibility index (Phi) is 8.04. The van der Waals surface area contributed by atoms with Crippen molar-refractivity contribution in [3.63, 3.8) is 0 Å². The Morgan fingerprint density at radius 1 is 1.13 bits per heavy atom. The average molecular weight is 430 g/mol. The van der Waals surface area contributed by atoms with Gasteiger partial charge in [0.15, 0.2) is 0 Å². The Morgan fingerprint density at radius 3 is 2.63 bits per heavy atom. The highest BCUT2D eigenvalue weighted by Gasteiger charge is 2.17. The highest BCUT2D eigenvalue weighted by molar-refractivity contribution is 6.30. The number of benzene rings is 1. The van der Waals surface area contributed by atoms with Crippen LogP contribution in [0.4, 0.5) is 16.3 Å². The first-order chi connectivity index (χ1) is 14.5. The maximum Gasteiger partial charge on any atom is 0.321 e. The fraction of sp³-hybridized carbons (Fsp3) is 0.409. The lowest BCUT2D eigenvalue weighted by atomic mass is 10.2. The highest BCUT2D eigenvalue weighted by atomic mass is 35.5. The predicted octanol–water partition coefficient (Wildman–Crippen LogP) is 4.33. The summed E-state index contributed by atoms with van der Waals surface area (Å²) in [7, 11) is 0. The molecule has 3 rings (SSSR count). The van der Waals surface area contributed by atoms with Crippen molar-refractivity contribution in [3.05, 3.63) is 53.2 Å². The van der Waals surface area contributed by atoms with E-state index in [1.165, 1.54) is 19.0 Å². The second-order valence-electron chi connectivity index (χ2n) is 7.36. The number of carbonyl (C=O) groups is 2. The molecule has 2 heterocycles. The van der Waals surface area contributed by atoms with E-state index in [1.807, 2.05) is 4.90 Å². The maximum absolute atomic E-state index is 12.8. The van der Waals surface area contributed by atoms with E-state index in [1.54, 1.807) is 36.4 Å². The van der Waals surface area contributed by atoms with Crippen LogP contribution in [0.15, 0.2) is 42.6 Å². The molecule has 7 nitrogen and oxygen atoms in total. The molecule has 0 aliphatic carbocycles. The summed E-state index contributed by atoms with van der Waals surface area (Å²) in [5, 5.41) is 6.15. The molecular weight excluding hydrogens is 402 g/mol. The Labute approximate surface area is 182 Å². The minimum Gasteiger partial charge on any atom is -0.323 e. The van der Waals surface area contributed by atoms with Crippen molar-refractivity contribution < 1.29 is 9.59 Å². The molecule has 8 heteroatoms. The highest BCUT2D eigenvalue weighted by Crippen LogP contribution is 2.15. The van der Waals surface area contributed by atoms with E-state index in [2.05, 4.69) is 27.4 Å². The molecule has 3 amide bonds. The topological polar surface area (TPSA) is 77.6 Å². The van der Waals surface area contributed by atoms with Crippen LogP contribution >= 0.6 is 11.6 Å². The minimum absolute atomic E-state index is 0.145. The maximum atomic E-state index is 12.8. The van der Waals surface area contributed by atoms with Crippen LogP contribution in [0.3, 0.4) is 0 Å². The van der Waals surface area contributed by atoms with Crippen LogP contribution in [0.5, 0.6) is 0 Å². The van der Waals surface area contributed by atoms with Gasteiger partial charge in [0.1, 0.15) is 5.82 Å². The van der Waals surface area contributed by atoms with Gasteiger partial charge in [-0.15, -0.1) is 0 Å². The third kappa shape index (κ3) is 6.43. The molecule has 1 aromatic carbocycles. The van der Waals surface area contributed by atoms with Gasteiger partial charge in [-0.3, -0.25) is 4.79 Å². The Balaban J connectivity index is 1.59. The van der Waals surface area contributed by atoms with Crippen LogP contribution in [0, 0.1) is 0 Å². The molecule has 1 fully saturated rings. The summed E-state index contributed by atoms with van der Waals surface area (Å²) in [4.78, 5) is 33.6. The van der Waals surface area contributed by atoms with Crippen molar-refractivity contribution in [3.8, 4) is 0 Å². The molecule has 1 saturated heterocycles. The monoisotopic (exact) mass is 429 g/mol. The molecule has 0 atom stereocenters. The zero-order chi connectivity index (χ0) is 21.3. The molecule has 0 spiro atoms. The summed E-state index contributed by atoms with van der Waals surface area (Å²) in [5.41, 5.74) is 1.02. The van der Waals surface area contributed by atoms with Crippen LogP contribution in [0.2, 0.25) is 5.02 Å². The average Bonchev–Trinajstić information content (AvgIpc) is 3.26. The fourth-order valence-electron chi connectivity index (χ4n) is 3.43. The molecule has 0 saturated carbocycles. The first-order valence-corrected chi connectivity index (χ1v) is 10.7. The normalized spacial score (nSPS) is 13.8. The molecule has 1 aliphatic rings. The second kappa shape index (κ2) is 10.9. The quantitative estimate of drug-likeness (QED) is 0.654. The number of likely N-dealkylation sites (tertiary alicyclic amines) is 1. The molecule has 0 bridgehead atoms. The molecule has 1 aromatic heterocycles. The van der Waals surface area contributed by atoms with Crippen molar-refractivity contribution in [2.75, 3.05) is 43.4 Å². The van der Waals surface area contributed by atoms with Crippen LogP contribution in [-0.4, -0.2) is 59.4 Å². The van der Waals surface area contributed by atoms with E-state index < -0.39 is 0 Å². The molecule has 0 radical (unpaired) electrons. The van der Waals surface area contributed by atoms with Crippen molar-refractivity contribution in [1.29, 1.82) is 0 Å². The number of pyridine rings is 1. The number of hydrogen-bond donors (Lipinski definition) is 2. The number of rotatable bonds is 8. The van der Waals surface area contributed by atoms with Crippen LogP contribution in [0.1, 0.15) is 36.5 Å². The van der Waals surface area contributed by atoms with E-state index >= 15 is 0 Å². The molecule has 2 aromatic rings. The van der Waals surface area contributed by atoms with E-state index in [-0.39, 0.29) is 11.9 Å². The largest absolute Gasteiger partial charge is 0.323 e. The van der Waals surface area contributed by atoms with E-state index in [4.69, 9.17) is 11.6 Å². The SMILES string of the molecule is CCCN(CCN1CCCC1)C(=O)Nc1cccc(C(=O)Nc2ccc(Cl)cn2)c1. The number of hydrogen-bond acceptors (Lipinski definition) is 4. The molecule has 30 heavy (non-hydrogen) atoms. The Hall–Kier alpha value is -2.64. The van der Waals surface area contributed by atoms with Crippen LogP contribution < -0.4 is 10.6 Å². The lowest BCUT2D eigenvalue weighted by molar-refractivity contribution is 0.102. The zero-order valence-corrected chi connectivity index (χ0v) is 18.0. The predicted molar refractivity (Wildman–Crippen MR) is 120 cm³/mol. The lowest BCUT2D eigenvalue weighted by Crippen LogP contribution is -2.40. The van der Waals surface area contributed by atoms with E-state index in [0.29, 0.717) is 35.2 Å².